The Kier molecular flexibility index (Phi) is 8.81. The van der Waals surface area contributed by atoms with E-state index in [4.69, 9.17) is 15.3 Å². The first-order valence-electron chi connectivity index (χ1n) is 11.4. The van der Waals surface area contributed by atoms with E-state index in [1.165, 1.54) is 4.90 Å². The molecule has 1 aliphatic carbocycles. The Bertz CT molecular complexity index is 830. The van der Waals surface area contributed by atoms with Gasteiger partial charge in [0.2, 0.25) is 0 Å². The van der Waals surface area contributed by atoms with E-state index in [1.54, 1.807) is 0 Å². The molecule has 2 aliphatic rings. The number of hydrogen-bond acceptors (Lipinski definition) is 7. The van der Waals surface area contributed by atoms with Crippen molar-refractivity contribution in [2.24, 2.45) is 11.3 Å². The first-order valence-corrected chi connectivity index (χ1v) is 11.4. The molecular formula is C23H33N5O5. The van der Waals surface area contributed by atoms with Gasteiger partial charge in [-0.3, -0.25) is 19.3 Å². The molecule has 2 rings (SSSR count). The van der Waals surface area contributed by atoms with Gasteiger partial charge in [-0.2, -0.15) is 10.5 Å². The smallest absolute Gasteiger partial charge is 0.326 e. The SMILES string of the molecule is CCC(C)(C)C1CCC2(CC1)NC(=O)N(CC(=O)OCC(=O)N(CCC#N)CCC#N)C2=O. The topological polar surface area (TPSA) is 144 Å². The first kappa shape index (κ1) is 26.1. The maximum atomic E-state index is 13.0. The van der Waals surface area contributed by atoms with Crippen molar-refractivity contribution in [2.75, 3.05) is 26.2 Å². The second-order valence-corrected chi connectivity index (χ2v) is 9.38. The first-order chi connectivity index (χ1) is 15.6. The van der Waals surface area contributed by atoms with E-state index in [1.807, 2.05) is 12.1 Å². The predicted molar refractivity (Wildman–Crippen MR) is 117 cm³/mol. The van der Waals surface area contributed by atoms with Crippen molar-refractivity contribution in [3.8, 4) is 12.1 Å². The van der Waals surface area contributed by atoms with Crippen LogP contribution in [0.25, 0.3) is 0 Å². The van der Waals surface area contributed by atoms with Gasteiger partial charge in [-0.1, -0.05) is 27.2 Å². The Morgan fingerprint density at radius 1 is 1.18 bits per heavy atom. The molecule has 1 N–H and O–H groups in total. The molecule has 0 aromatic rings. The summed E-state index contributed by atoms with van der Waals surface area (Å²) in [4.78, 5) is 52.2. The van der Waals surface area contributed by atoms with Gasteiger partial charge in [-0.25, -0.2) is 4.79 Å². The average Bonchev–Trinajstić information content (AvgIpc) is 3.01. The molecule has 0 radical (unpaired) electrons. The van der Waals surface area contributed by atoms with Crippen molar-refractivity contribution in [2.45, 2.75) is 71.3 Å². The van der Waals surface area contributed by atoms with E-state index in [0.717, 1.165) is 24.2 Å². The lowest BCUT2D eigenvalue weighted by Crippen LogP contribution is -2.51. The molecule has 2 fully saturated rings. The molecule has 1 heterocycles. The summed E-state index contributed by atoms with van der Waals surface area (Å²) < 4.78 is 4.99. The van der Waals surface area contributed by atoms with Crippen molar-refractivity contribution < 1.29 is 23.9 Å². The number of hydrogen-bond donors (Lipinski definition) is 1. The average molecular weight is 460 g/mol. The lowest BCUT2D eigenvalue weighted by molar-refractivity contribution is -0.154. The maximum Gasteiger partial charge on any atom is 0.326 e. The number of carbonyl (C=O) groups excluding carboxylic acids is 4. The molecule has 0 aromatic heterocycles. The van der Waals surface area contributed by atoms with Crippen LogP contribution in [0, 0.1) is 34.0 Å². The van der Waals surface area contributed by atoms with Crippen LogP contribution in [0.4, 0.5) is 4.79 Å². The van der Waals surface area contributed by atoms with Crippen LogP contribution >= 0.6 is 0 Å². The van der Waals surface area contributed by atoms with Gasteiger partial charge in [0, 0.05) is 13.1 Å². The molecular weight excluding hydrogens is 426 g/mol. The Morgan fingerprint density at radius 3 is 2.27 bits per heavy atom. The molecule has 33 heavy (non-hydrogen) atoms. The van der Waals surface area contributed by atoms with Crippen LogP contribution in [-0.2, 0) is 19.1 Å². The van der Waals surface area contributed by atoms with Crippen molar-refractivity contribution in [3.63, 3.8) is 0 Å². The van der Waals surface area contributed by atoms with Crippen LogP contribution in [0.15, 0.2) is 0 Å². The Labute approximate surface area is 194 Å². The molecule has 1 saturated carbocycles. The number of nitrogens with zero attached hydrogens (tertiary/aromatic N) is 4. The zero-order valence-corrected chi connectivity index (χ0v) is 19.7. The normalized spacial score (nSPS) is 22.5. The molecule has 10 nitrogen and oxygen atoms in total. The molecule has 4 amide bonds. The molecule has 0 unspecified atom stereocenters. The number of rotatable bonds is 10. The molecule has 0 bridgehead atoms. The Balaban J connectivity index is 1.90. The van der Waals surface area contributed by atoms with Crippen LogP contribution in [0.2, 0.25) is 0 Å². The van der Waals surface area contributed by atoms with Crippen LogP contribution in [0.5, 0.6) is 0 Å². The van der Waals surface area contributed by atoms with Gasteiger partial charge in [0.25, 0.3) is 11.8 Å². The fraction of sp³-hybridized carbons (Fsp3) is 0.739. The number of amides is 4. The zero-order valence-electron chi connectivity index (χ0n) is 19.7. The lowest BCUT2D eigenvalue weighted by atomic mass is 9.65. The summed E-state index contributed by atoms with van der Waals surface area (Å²) in [7, 11) is 0. The molecule has 1 spiro atoms. The molecule has 0 aromatic carbocycles. The van der Waals surface area contributed by atoms with Crippen molar-refractivity contribution in [3.05, 3.63) is 0 Å². The fourth-order valence-corrected chi connectivity index (χ4v) is 4.48. The second-order valence-electron chi connectivity index (χ2n) is 9.38. The molecule has 1 aliphatic heterocycles. The standard InChI is InChI=1S/C23H33N5O5/c1-4-22(2,3)17-7-9-23(10-8-17)20(31)28(21(32)26-23)15-19(30)33-16-18(29)27(13-5-11-24)14-6-12-25/h17H,4-10,13-16H2,1-3H3,(H,26,32). The van der Waals surface area contributed by atoms with E-state index in [0.29, 0.717) is 18.8 Å². The number of nitrogens with one attached hydrogen (secondary N) is 1. The summed E-state index contributed by atoms with van der Waals surface area (Å²) in [5.41, 5.74) is -0.809. The largest absolute Gasteiger partial charge is 0.454 e. The number of imide groups is 1. The monoisotopic (exact) mass is 459 g/mol. The van der Waals surface area contributed by atoms with Gasteiger partial charge in [-0.05, 0) is 37.0 Å². The molecule has 0 atom stereocenters. The number of urea groups is 1. The minimum atomic E-state index is -0.973. The molecule has 10 heteroatoms. The second kappa shape index (κ2) is 11.1. The van der Waals surface area contributed by atoms with E-state index < -0.39 is 42.5 Å². The van der Waals surface area contributed by atoms with Gasteiger partial charge in [0.15, 0.2) is 6.61 Å². The van der Waals surface area contributed by atoms with Crippen molar-refractivity contribution >= 4 is 23.8 Å². The van der Waals surface area contributed by atoms with Crippen LogP contribution in [-0.4, -0.2) is 65.4 Å². The summed E-state index contributed by atoms with van der Waals surface area (Å²) in [6.07, 6.45) is 3.91. The Morgan fingerprint density at radius 2 is 1.76 bits per heavy atom. The van der Waals surface area contributed by atoms with Crippen LogP contribution in [0.3, 0.4) is 0 Å². The van der Waals surface area contributed by atoms with E-state index >= 15 is 0 Å². The summed E-state index contributed by atoms with van der Waals surface area (Å²) in [6, 6.07) is 3.22. The summed E-state index contributed by atoms with van der Waals surface area (Å²) >= 11 is 0. The van der Waals surface area contributed by atoms with Gasteiger partial charge in [0.05, 0.1) is 25.0 Å². The van der Waals surface area contributed by atoms with E-state index in [-0.39, 0.29) is 31.3 Å². The minimum Gasteiger partial charge on any atom is -0.454 e. The number of esters is 1. The summed E-state index contributed by atoms with van der Waals surface area (Å²) in [6.45, 7) is 5.68. The van der Waals surface area contributed by atoms with Gasteiger partial charge in [-0.15, -0.1) is 0 Å². The quantitative estimate of drug-likeness (QED) is 0.389. The lowest BCUT2D eigenvalue weighted by Gasteiger charge is -2.42. The summed E-state index contributed by atoms with van der Waals surface area (Å²) in [5.74, 6) is -1.37. The highest BCUT2D eigenvalue weighted by atomic mass is 16.5. The highest BCUT2D eigenvalue weighted by molar-refractivity contribution is 6.08. The van der Waals surface area contributed by atoms with Crippen molar-refractivity contribution in [1.82, 2.24) is 15.1 Å². The van der Waals surface area contributed by atoms with Gasteiger partial charge in [0.1, 0.15) is 12.1 Å². The van der Waals surface area contributed by atoms with E-state index in [2.05, 4.69) is 26.1 Å². The predicted octanol–water partition coefficient (Wildman–Crippen LogP) is 2.10. The third-order valence-corrected chi connectivity index (χ3v) is 7.09. The van der Waals surface area contributed by atoms with Crippen molar-refractivity contribution in [1.29, 1.82) is 10.5 Å². The Hall–Kier alpha value is -3.14. The van der Waals surface area contributed by atoms with Crippen LogP contribution in [0.1, 0.15) is 65.7 Å². The maximum absolute atomic E-state index is 13.0. The third-order valence-electron chi connectivity index (χ3n) is 7.09. The zero-order chi connectivity index (χ0) is 24.6. The van der Waals surface area contributed by atoms with Crippen LogP contribution < -0.4 is 5.32 Å². The molecule has 1 saturated heterocycles. The fourth-order valence-electron chi connectivity index (χ4n) is 4.48. The van der Waals surface area contributed by atoms with Gasteiger partial charge < -0.3 is 15.0 Å². The highest BCUT2D eigenvalue weighted by Crippen LogP contribution is 2.45. The highest BCUT2D eigenvalue weighted by Gasteiger charge is 2.53. The van der Waals surface area contributed by atoms with E-state index in [9.17, 15) is 19.2 Å². The minimum absolute atomic E-state index is 0.0892. The molecule has 180 valence electrons. The number of nitriles is 2. The summed E-state index contributed by atoms with van der Waals surface area (Å²) in [5, 5.41) is 20.2. The number of carbonyl (C=O) groups is 4. The third kappa shape index (κ3) is 6.22. The number of ether oxygens (including phenoxy) is 1. The van der Waals surface area contributed by atoms with Gasteiger partial charge >= 0.3 is 12.0 Å².